The number of benzene rings is 1. The molecule has 10 heteroatoms. The third-order valence-corrected chi connectivity index (χ3v) is 6.08. The van der Waals surface area contributed by atoms with Crippen molar-refractivity contribution in [2.45, 2.75) is 39.7 Å². The lowest BCUT2D eigenvalue weighted by atomic mass is 10.2. The zero-order valence-electron chi connectivity index (χ0n) is 25.2. The number of hydrogen-bond acceptors (Lipinski definition) is 8. The summed E-state index contributed by atoms with van der Waals surface area (Å²) >= 11 is 0. The van der Waals surface area contributed by atoms with Crippen molar-refractivity contribution in [1.29, 1.82) is 5.26 Å². The van der Waals surface area contributed by atoms with E-state index < -0.39 is 6.04 Å². The number of rotatable bonds is 13. The van der Waals surface area contributed by atoms with Crippen LogP contribution in [0.2, 0.25) is 0 Å². The number of carbonyl (C=O) groups excluding carboxylic acids is 2. The van der Waals surface area contributed by atoms with Gasteiger partial charge < -0.3 is 25.3 Å². The Kier molecular flexibility index (Phi) is 13.3. The summed E-state index contributed by atoms with van der Waals surface area (Å²) in [6, 6.07) is 8.62. The van der Waals surface area contributed by atoms with Gasteiger partial charge in [-0.3, -0.25) is 9.59 Å². The Morgan fingerprint density at radius 2 is 1.80 bits per heavy atom. The monoisotopic (exact) mass is 558 g/mol. The number of amides is 2. The number of likely N-dealkylation sites (N-methyl/N-ethyl adjacent to an activating group) is 2. The molecule has 0 fully saturated rings. The van der Waals surface area contributed by atoms with Gasteiger partial charge in [0.05, 0.1) is 23.4 Å². The molecule has 10 nitrogen and oxygen atoms in total. The zero-order chi connectivity index (χ0) is 30.4. The Morgan fingerprint density at radius 1 is 1.10 bits per heavy atom. The van der Waals surface area contributed by atoms with E-state index in [1.54, 1.807) is 38.4 Å². The van der Waals surface area contributed by atoms with Crippen LogP contribution < -0.4 is 15.5 Å². The second kappa shape index (κ2) is 16.6. The van der Waals surface area contributed by atoms with Crippen LogP contribution >= 0.6 is 0 Å². The predicted molar refractivity (Wildman–Crippen MR) is 164 cm³/mol. The highest BCUT2D eigenvalue weighted by Gasteiger charge is 2.20. The van der Waals surface area contributed by atoms with Gasteiger partial charge in [0.15, 0.2) is 0 Å². The molecular formula is C31H42N8O2. The molecule has 2 rings (SSSR count). The molecule has 2 N–H and O–H groups in total. The maximum Gasteiger partial charge on any atom is 0.246 e. The largest absolute Gasteiger partial charge is 0.358 e. The molecule has 0 saturated carbocycles. The van der Waals surface area contributed by atoms with Crippen LogP contribution in [0.3, 0.4) is 0 Å². The third kappa shape index (κ3) is 11.3. The summed E-state index contributed by atoms with van der Waals surface area (Å²) in [5.41, 5.74) is 2.09. The minimum Gasteiger partial charge on any atom is -0.358 e. The first-order valence-electron chi connectivity index (χ1n) is 13.7. The lowest BCUT2D eigenvalue weighted by Crippen LogP contribution is -2.45. The summed E-state index contributed by atoms with van der Waals surface area (Å²) in [5.74, 6) is 7.55. The maximum atomic E-state index is 12.5. The van der Waals surface area contributed by atoms with Crippen LogP contribution in [-0.4, -0.2) is 85.4 Å². The highest BCUT2D eigenvalue weighted by Crippen LogP contribution is 2.21. The van der Waals surface area contributed by atoms with Crippen LogP contribution in [0.1, 0.15) is 44.7 Å². The molecule has 0 spiro atoms. The van der Waals surface area contributed by atoms with Gasteiger partial charge in [0.2, 0.25) is 17.8 Å². The van der Waals surface area contributed by atoms with Crippen molar-refractivity contribution in [3.05, 3.63) is 53.7 Å². The van der Waals surface area contributed by atoms with Crippen molar-refractivity contribution in [2.24, 2.45) is 5.92 Å². The normalized spacial score (nSPS) is 11.5. The minimum atomic E-state index is -0.579. The number of nitriles is 1. The van der Waals surface area contributed by atoms with E-state index in [2.05, 4.69) is 52.3 Å². The standard InChI is InChI=1S/C31H42N8O2/c1-23(2)22-38(6)29-26(21-34-31(36-29)35-27-16-14-25(20-32)15-17-27)12-9-8-10-18-33-30(41)24(3)39(7)28(40)13-11-19-37(4)5/h11,13-17,21,23-24H,8,10,18-19,22H2,1-7H3,(H,33,41)(H,34,35,36)/t24-/m0/s1. The van der Waals surface area contributed by atoms with Crippen molar-refractivity contribution in [1.82, 2.24) is 25.1 Å². The molecule has 0 radical (unpaired) electrons. The van der Waals surface area contributed by atoms with E-state index in [4.69, 9.17) is 10.2 Å². The number of unbranched alkanes of at least 4 members (excludes halogenated alkanes) is 1. The van der Waals surface area contributed by atoms with Crippen LogP contribution in [0.4, 0.5) is 17.5 Å². The first-order valence-corrected chi connectivity index (χ1v) is 13.7. The van der Waals surface area contributed by atoms with E-state index in [0.29, 0.717) is 43.4 Å². The molecule has 2 amide bonds. The van der Waals surface area contributed by atoms with Gasteiger partial charge in [-0.1, -0.05) is 31.8 Å². The highest BCUT2D eigenvalue weighted by atomic mass is 16.2. The average molecular weight is 559 g/mol. The van der Waals surface area contributed by atoms with E-state index in [1.165, 1.54) is 11.0 Å². The Hall–Kier alpha value is -4.41. The third-order valence-electron chi connectivity index (χ3n) is 6.08. The van der Waals surface area contributed by atoms with E-state index in [-0.39, 0.29) is 11.8 Å². The maximum absolute atomic E-state index is 12.5. The number of anilines is 3. The molecule has 1 heterocycles. The molecule has 1 atom stereocenters. The lowest BCUT2D eigenvalue weighted by Gasteiger charge is -2.23. The van der Waals surface area contributed by atoms with Crippen LogP contribution in [-0.2, 0) is 9.59 Å². The van der Waals surface area contributed by atoms with E-state index in [1.807, 2.05) is 38.2 Å². The van der Waals surface area contributed by atoms with Crippen molar-refractivity contribution >= 4 is 29.3 Å². The molecule has 41 heavy (non-hydrogen) atoms. The molecule has 0 aliphatic heterocycles. The average Bonchev–Trinajstić information content (AvgIpc) is 2.94. The van der Waals surface area contributed by atoms with Crippen LogP contribution in [0.5, 0.6) is 0 Å². The number of nitrogens with one attached hydrogen (secondary N) is 2. The fourth-order valence-electron chi connectivity index (χ4n) is 3.75. The van der Waals surface area contributed by atoms with Gasteiger partial charge in [-0.05, 0) is 57.6 Å². The Bertz CT molecular complexity index is 1290. The smallest absolute Gasteiger partial charge is 0.246 e. The Labute approximate surface area is 244 Å². The number of nitrogens with zero attached hydrogens (tertiary/aromatic N) is 6. The first-order chi connectivity index (χ1) is 19.5. The van der Waals surface area contributed by atoms with E-state index in [0.717, 1.165) is 23.6 Å². The van der Waals surface area contributed by atoms with Crippen molar-refractivity contribution in [2.75, 3.05) is 58.0 Å². The highest BCUT2D eigenvalue weighted by molar-refractivity contribution is 5.92. The van der Waals surface area contributed by atoms with Crippen LogP contribution in [0.15, 0.2) is 42.6 Å². The first kappa shape index (κ1) is 32.8. The van der Waals surface area contributed by atoms with Gasteiger partial charge in [0.25, 0.3) is 0 Å². The van der Waals surface area contributed by atoms with Crippen LogP contribution in [0.25, 0.3) is 0 Å². The minimum absolute atomic E-state index is 0.203. The topological polar surface area (TPSA) is 117 Å². The lowest BCUT2D eigenvalue weighted by molar-refractivity contribution is -0.135. The van der Waals surface area contributed by atoms with Gasteiger partial charge in [0.1, 0.15) is 11.9 Å². The molecule has 0 unspecified atom stereocenters. The van der Waals surface area contributed by atoms with Crippen molar-refractivity contribution in [3.8, 4) is 17.9 Å². The summed E-state index contributed by atoms with van der Waals surface area (Å²) in [6.07, 6.45) is 6.23. The second-order valence-electron chi connectivity index (χ2n) is 10.5. The summed E-state index contributed by atoms with van der Waals surface area (Å²) in [6.45, 7) is 7.91. The van der Waals surface area contributed by atoms with Gasteiger partial charge in [0, 0.05) is 51.9 Å². The molecule has 0 aliphatic carbocycles. The molecule has 218 valence electrons. The number of hydrogen-bond donors (Lipinski definition) is 2. The SMILES string of the molecule is CC(C)CN(C)c1nc(Nc2ccc(C#N)cc2)ncc1C#CCCCNC(=O)[C@H](C)N(C)C(=O)C=CCN(C)C. The fourth-order valence-corrected chi connectivity index (χ4v) is 3.75. The second-order valence-corrected chi connectivity index (χ2v) is 10.5. The molecule has 1 aromatic heterocycles. The summed E-state index contributed by atoms with van der Waals surface area (Å²) in [4.78, 5) is 39.4. The van der Waals surface area contributed by atoms with Crippen LogP contribution in [0, 0.1) is 29.1 Å². The Balaban J connectivity index is 1.97. The molecule has 1 aromatic carbocycles. The Morgan fingerprint density at radius 3 is 2.44 bits per heavy atom. The van der Waals surface area contributed by atoms with Gasteiger partial charge in [-0.2, -0.15) is 10.2 Å². The van der Waals surface area contributed by atoms with E-state index in [9.17, 15) is 9.59 Å². The molecule has 2 aromatic rings. The summed E-state index contributed by atoms with van der Waals surface area (Å²) < 4.78 is 0. The molecule has 0 aliphatic rings. The number of aromatic nitrogens is 2. The molecule has 0 saturated heterocycles. The van der Waals surface area contributed by atoms with Gasteiger partial charge >= 0.3 is 0 Å². The van der Waals surface area contributed by atoms with Crippen molar-refractivity contribution < 1.29 is 9.59 Å². The molecular weight excluding hydrogens is 516 g/mol. The zero-order valence-corrected chi connectivity index (χ0v) is 25.2. The quantitative estimate of drug-likeness (QED) is 0.218. The molecule has 0 bridgehead atoms. The van der Waals surface area contributed by atoms with Gasteiger partial charge in [-0.25, -0.2) is 4.98 Å². The van der Waals surface area contributed by atoms with Crippen molar-refractivity contribution in [3.63, 3.8) is 0 Å². The van der Waals surface area contributed by atoms with E-state index >= 15 is 0 Å². The number of carbonyl (C=O) groups is 2. The fraction of sp³-hybridized carbons (Fsp3) is 0.452. The predicted octanol–water partition coefficient (Wildman–Crippen LogP) is 3.40. The summed E-state index contributed by atoms with van der Waals surface area (Å²) in [7, 11) is 7.45. The van der Waals surface area contributed by atoms with Gasteiger partial charge in [-0.15, -0.1) is 0 Å². The summed E-state index contributed by atoms with van der Waals surface area (Å²) in [5, 5.41) is 15.1.